The Morgan fingerprint density at radius 1 is 1.00 bits per heavy atom. The standard InChI is InChI=1S/C38H39ClN2O4/c1-2-25-13-18-35-33(22-25)34(42)23-36(45-35)38(44)40-31(21-27-11-16-30(39)17-12-27)20-26-9-14-28(15-10-26)32-7-4-3-6-29(32)24-41-19-5-8-37(41)43/h3-4,6-7,11-13,16-18,20,22-23,28,31H,2,5,8-10,14-15,19,21,24H2,1H3,(H,40,44)/t28?,31-/m0/s1. The first kappa shape index (κ1) is 30.8. The Bertz CT molecular complexity index is 1780. The summed E-state index contributed by atoms with van der Waals surface area (Å²) in [7, 11) is 0. The normalized spacial score (nSPS) is 17.5. The summed E-state index contributed by atoms with van der Waals surface area (Å²) in [5, 5.41) is 4.28. The number of aryl methyl sites for hydroxylation is 1. The second-order valence-electron chi connectivity index (χ2n) is 12.3. The minimum absolute atomic E-state index is 0.00746. The van der Waals surface area contributed by atoms with Crippen molar-refractivity contribution in [2.24, 2.45) is 0 Å². The van der Waals surface area contributed by atoms with Gasteiger partial charge in [-0.2, -0.15) is 0 Å². The molecule has 1 aliphatic heterocycles. The van der Waals surface area contributed by atoms with Crippen molar-refractivity contribution in [3.8, 4) is 0 Å². The average molecular weight is 623 g/mol. The Labute approximate surface area is 269 Å². The van der Waals surface area contributed by atoms with E-state index in [0.29, 0.717) is 41.3 Å². The predicted octanol–water partition coefficient (Wildman–Crippen LogP) is 7.76. The molecule has 1 aromatic heterocycles. The van der Waals surface area contributed by atoms with E-state index in [2.05, 4.69) is 35.7 Å². The zero-order valence-electron chi connectivity index (χ0n) is 25.7. The van der Waals surface area contributed by atoms with Crippen molar-refractivity contribution in [3.63, 3.8) is 0 Å². The maximum absolute atomic E-state index is 13.5. The summed E-state index contributed by atoms with van der Waals surface area (Å²) < 4.78 is 5.91. The monoisotopic (exact) mass is 622 g/mol. The average Bonchev–Trinajstić information content (AvgIpc) is 3.46. The molecule has 232 valence electrons. The maximum Gasteiger partial charge on any atom is 0.287 e. The van der Waals surface area contributed by atoms with Crippen LogP contribution in [0, 0.1) is 0 Å². The van der Waals surface area contributed by atoms with E-state index in [0.717, 1.165) is 56.2 Å². The number of fused-ring (bicyclic) bond motifs is 1. The highest BCUT2D eigenvalue weighted by molar-refractivity contribution is 6.30. The highest BCUT2D eigenvalue weighted by Crippen LogP contribution is 2.37. The van der Waals surface area contributed by atoms with Crippen LogP contribution in [0.25, 0.3) is 11.0 Å². The van der Waals surface area contributed by atoms with Gasteiger partial charge in [0.05, 0.1) is 11.4 Å². The molecule has 1 saturated carbocycles. The third kappa shape index (κ3) is 7.39. The molecule has 0 unspecified atom stereocenters. The lowest BCUT2D eigenvalue weighted by Gasteiger charge is -2.28. The van der Waals surface area contributed by atoms with Gasteiger partial charge in [-0.1, -0.05) is 72.6 Å². The van der Waals surface area contributed by atoms with Crippen molar-refractivity contribution in [2.45, 2.75) is 76.8 Å². The van der Waals surface area contributed by atoms with Gasteiger partial charge in [0.2, 0.25) is 5.91 Å². The number of likely N-dealkylation sites (tertiary alicyclic amines) is 1. The molecule has 45 heavy (non-hydrogen) atoms. The van der Waals surface area contributed by atoms with E-state index in [1.165, 1.54) is 22.8 Å². The Morgan fingerprint density at radius 3 is 2.49 bits per heavy atom. The summed E-state index contributed by atoms with van der Waals surface area (Å²) in [5.74, 6) is 0.276. The third-order valence-corrected chi connectivity index (χ3v) is 9.45. The van der Waals surface area contributed by atoms with Crippen LogP contribution in [0.4, 0.5) is 0 Å². The molecule has 0 bridgehead atoms. The van der Waals surface area contributed by atoms with Gasteiger partial charge in [0.1, 0.15) is 5.58 Å². The summed E-state index contributed by atoms with van der Waals surface area (Å²) >= 11 is 6.14. The largest absolute Gasteiger partial charge is 0.451 e. The number of halogens is 1. The minimum Gasteiger partial charge on any atom is -0.451 e. The van der Waals surface area contributed by atoms with Crippen LogP contribution < -0.4 is 10.7 Å². The highest BCUT2D eigenvalue weighted by Gasteiger charge is 2.25. The molecule has 2 aliphatic rings. The van der Waals surface area contributed by atoms with E-state index in [1.54, 1.807) is 6.07 Å². The lowest BCUT2D eigenvalue weighted by Crippen LogP contribution is -2.36. The van der Waals surface area contributed by atoms with Gasteiger partial charge >= 0.3 is 0 Å². The van der Waals surface area contributed by atoms with Gasteiger partial charge in [0.25, 0.3) is 5.91 Å². The van der Waals surface area contributed by atoms with Gasteiger partial charge in [-0.3, -0.25) is 14.4 Å². The van der Waals surface area contributed by atoms with Crippen molar-refractivity contribution < 1.29 is 14.0 Å². The molecule has 1 saturated heterocycles. The first-order valence-electron chi connectivity index (χ1n) is 16.0. The van der Waals surface area contributed by atoms with Crippen LogP contribution in [0.5, 0.6) is 0 Å². The van der Waals surface area contributed by atoms with Crippen molar-refractivity contribution in [1.29, 1.82) is 0 Å². The molecule has 6 rings (SSSR count). The lowest BCUT2D eigenvalue weighted by atomic mass is 9.79. The Balaban J connectivity index is 1.19. The molecular weight excluding hydrogens is 584 g/mol. The molecule has 2 fully saturated rings. The molecule has 4 aromatic rings. The molecule has 1 atom stereocenters. The van der Waals surface area contributed by atoms with Crippen LogP contribution in [-0.2, 0) is 24.2 Å². The van der Waals surface area contributed by atoms with Gasteiger partial charge < -0.3 is 14.6 Å². The zero-order chi connectivity index (χ0) is 31.3. The van der Waals surface area contributed by atoms with E-state index < -0.39 is 5.91 Å². The number of hydrogen-bond donors (Lipinski definition) is 1. The van der Waals surface area contributed by atoms with Gasteiger partial charge in [-0.25, -0.2) is 0 Å². The van der Waals surface area contributed by atoms with Gasteiger partial charge in [0, 0.05) is 30.6 Å². The Morgan fingerprint density at radius 2 is 1.76 bits per heavy atom. The Hall–Kier alpha value is -4.16. The number of nitrogens with zero attached hydrogens (tertiary/aromatic N) is 1. The first-order chi connectivity index (χ1) is 21.9. The molecule has 0 radical (unpaired) electrons. The maximum atomic E-state index is 13.5. The second-order valence-corrected chi connectivity index (χ2v) is 12.7. The second kappa shape index (κ2) is 13.9. The number of amides is 2. The van der Waals surface area contributed by atoms with Crippen LogP contribution in [-0.4, -0.2) is 29.3 Å². The number of allylic oxidation sites excluding steroid dienone is 1. The molecule has 0 spiro atoms. The lowest BCUT2D eigenvalue weighted by molar-refractivity contribution is -0.128. The number of benzene rings is 3. The number of rotatable bonds is 9. The summed E-state index contributed by atoms with van der Waals surface area (Å²) in [6, 6.07) is 22.7. The zero-order valence-corrected chi connectivity index (χ0v) is 26.4. The number of carbonyl (C=O) groups is 2. The molecule has 1 N–H and O–H groups in total. The first-order valence-corrected chi connectivity index (χ1v) is 16.4. The summed E-state index contributed by atoms with van der Waals surface area (Å²) in [6.45, 7) is 3.56. The van der Waals surface area contributed by atoms with E-state index in [-0.39, 0.29) is 23.1 Å². The summed E-state index contributed by atoms with van der Waals surface area (Å²) in [6.07, 6.45) is 9.06. The van der Waals surface area contributed by atoms with Crippen molar-refractivity contribution >= 4 is 34.4 Å². The number of nitrogens with one attached hydrogen (secondary N) is 1. The van der Waals surface area contributed by atoms with Gasteiger partial charge in [-0.15, -0.1) is 0 Å². The fourth-order valence-corrected chi connectivity index (χ4v) is 6.83. The van der Waals surface area contributed by atoms with Crippen molar-refractivity contribution in [2.75, 3.05) is 6.54 Å². The highest BCUT2D eigenvalue weighted by atomic mass is 35.5. The van der Waals surface area contributed by atoms with Gasteiger partial charge in [0.15, 0.2) is 11.2 Å². The predicted molar refractivity (Wildman–Crippen MR) is 179 cm³/mol. The van der Waals surface area contributed by atoms with Crippen LogP contribution >= 0.6 is 11.6 Å². The molecule has 2 amide bonds. The summed E-state index contributed by atoms with van der Waals surface area (Å²) in [5.41, 5.74) is 6.18. The number of hydrogen-bond acceptors (Lipinski definition) is 4. The third-order valence-electron chi connectivity index (χ3n) is 9.20. The van der Waals surface area contributed by atoms with Crippen LogP contribution in [0.3, 0.4) is 0 Å². The van der Waals surface area contributed by atoms with E-state index >= 15 is 0 Å². The molecule has 2 heterocycles. The molecule has 6 nitrogen and oxygen atoms in total. The van der Waals surface area contributed by atoms with Gasteiger partial charge in [-0.05, 0) is 97.4 Å². The Kier molecular flexibility index (Phi) is 9.50. The van der Waals surface area contributed by atoms with Crippen LogP contribution in [0.2, 0.25) is 5.02 Å². The quantitative estimate of drug-likeness (QED) is 0.194. The molecule has 1 aliphatic carbocycles. The molecule has 3 aromatic carbocycles. The van der Waals surface area contributed by atoms with E-state index in [4.69, 9.17) is 16.0 Å². The fourth-order valence-electron chi connectivity index (χ4n) is 6.70. The van der Waals surface area contributed by atoms with Crippen LogP contribution in [0.15, 0.2) is 93.7 Å². The van der Waals surface area contributed by atoms with E-state index in [1.807, 2.05) is 48.2 Å². The van der Waals surface area contributed by atoms with Crippen molar-refractivity contribution in [1.82, 2.24) is 10.2 Å². The smallest absolute Gasteiger partial charge is 0.287 e. The summed E-state index contributed by atoms with van der Waals surface area (Å²) in [4.78, 5) is 40.6. The fraction of sp³-hybridized carbons (Fsp3) is 0.342. The topological polar surface area (TPSA) is 79.6 Å². The molecular formula is C38H39ClN2O4. The molecule has 7 heteroatoms. The SMILES string of the molecule is CCc1ccc2oc(C(=O)N[C@@H](C=C3CCC(c4ccccc4CN4CCCC4=O)CC3)Cc3ccc(Cl)cc3)cc(=O)c2c1. The van der Waals surface area contributed by atoms with E-state index in [9.17, 15) is 14.4 Å². The number of carbonyl (C=O) groups excluding carboxylic acids is 2. The van der Waals surface area contributed by atoms with Crippen LogP contribution in [0.1, 0.15) is 84.2 Å². The minimum atomic E-state index is -0.413. The van der Waals surface area contributed by atoms with Crippen molar-refractivity contribution in [3.05, 3.63) is 128 Å².